The van der Waals surface area contributed by atoms with Gasteiger partial charge in [0.15, 0.2) is 5.78 Å². The average molecular weight is 270 g/mol. The topological polar surface area (TPSA) is 17.1 Å². The molecule has 0 N–H and O–H groups in total. The van der Waals surface area contributed by atoms with Crippen molar-refractivity contribution < 1.29 is 9.18 Å². The second kappa shape index (κ2) is 5.58. The van der Waals surface area contributed by atoms with Crippen LogP contribution in [0.3, 0.4) is 0 Å². The van der Waals surface area contributed by atoms with E-state index in [1.54, 1.807) is 13.0 Å². The van der Waals surface area contributed by atoms with Crippen LogP contribution in [0.1, 0.15) is 38.2 Å². The standard InChI is InChI=1S/C18H19FO/c1-11-5-13(3)17(14(4)6-11)10-18(20)15-7-12(2)8-16(19)9-15/h5-9H,10H2,1-4H3. The zero-order valence-electron chi connectivity index (χ0n) is 12.4. The van der Waals surface area contributed by atoms with E-state index in [0.717, 1.165) is 22.3 Å². The predicted molar refractivity (Wildman–Crippen MR) is 79.8 cm³/mol. The van der Waals surface area contributed by atoms with Crippen molar-refractivity contribution in [1.82, 2.24) is 0 Å². The number of rotatable bonds is 3. The van der Waals surface area contributed by atoms with Crippen molar-refractivity contribution in [2.75, 3.05) is 0 Å². The van der Waals surface area contributed by atoms with Crippen molar-refractivity contribution in [3.8, 4) is 0 Å². The van der Waals surface area contributed by atoms with Gasteiger partial charge in [0.25, 0.3) is 0 Å². The SMILES string of the molecule is Cc1cc(F)cc(C(=O)Cc2c(C)cc(C)cc2C)c1. The van der Waals surface area contributed by atoms with Crippen molar-refractivity contribution in [3.63, 3.8) is 0 Å². The molecule has 0 aliphatic carbocycles. The van der Waals surface area contributed by atoms with Crippen LogP contribution < -0.4 is 0 Å². The molecule has 0 bridgehead atoms. The highest BCUT2D eigenvalue weighted by atomic mass is 19.1. The van der Waals surface area contributed by atoms with Crippen molar-refractivity contribution in [2.24, 2.45) is 0 Å². The minimum atomic E-state index is -0.356. The zero-order chi connectivity index (χ0) is 14.9. The zero-order valence-corrected chi connectivity index (χ0v) is 12.4. The van der Waals surface area contributed by atoms with E-state index in [4.69, 9.17) is 0 Å². The summed E-state index contributed by atoms with van der Waals surface area (Å²) in [5.74, 6) is -0.395. The number of carbonyl (C=O) groups is 1. The molecule has 0 fully saturated rings. The number of halogens is 1. The van der Waals surface area contributed by atoms with Crippen molar-refractivity contribution in [2.45, 2.75) is 34.1 Å². The maximum atomic E-state index is 13.4. The number of hydrogen-bond donors (Lipinski definition) is 0. The van der Waals surface area contributed by atoms with Gasteiger partial charge in [-0.15, -0.1) is 0 Å². The maximum absolute atomic E-state index is 13.4. The van der Waals surface area contributed by atoms with Crippen LogP contribution >= 0.6 is 0 Å². The molecule has 0 saturated heterocycles. The molecule has 1 nitrogen and oxygen atoms in total. The minimum absolute atomic E-state index is 0.0392. The molecule has 0 unspecified atom stereocenters. The maximum Gasteiger partial charge on any atom is 0.167 e. The first kappa shape index (κ1) is 14.4. The van der Waals surface area contributed by atoms with Crippen LogP contribution in [0, 0.1) is 33.5 Å². The number of ketones is 1. The number of Topliss-reactive ketones (excluding diaryl/α,β-unsaturated/α-hetero) is 1. The number of carbonyl (C=O) groups excluding carboxylic acids is 1. The molecular weight excluding hydrogens is 251 g/mol. The average Bonchev–Trinajstić information content (AvgIpc) is 2.32. The highest BCUT2D eigenvalue weighted by Gasteiger charge is 2.12. The van der Waals surface area contributed by atoms with Crippen molar-refractivity contribution in [3.05, 3.63) is 69.5 Å². The molecule has 0 radical (unpaired) electrons. The summed E-state index contributed by atoms with van der Waals surface area (Å²) in [7, 11) is 0. The van der Waals surface area contributed by atoms with Gasteiger partial charge in [-0.25, -0.2) is 4.39 Å². The van der Waals surface area contributed by atoms with Crippen LogP contribution in [0.4, 0.5) is 4.39 Å². The summed E-state index contributed by atoms with van der Waals surface area (Å²) >= 11 is 0. The van der Waals surface area contributed by atoms with E-state index < -0.39 is 0 Å². The van der Waals surface area contributed by atoms with Crippen molar-refractivity contribution in [1.29, 1.82) is 0 Å². The van der Waals surface area contributed by atoms with Crippen LogP contribution in [0.15, 0.2) is 30.3 Å². The molecule has 0 spiro atoms. The summed E-state index contributed by atoms with van der Waals surface area (Å²) in [4.78, 5) is 12.3. The smallest absolute Gasteiger partial charge is 0.167 e. The van der Waals surface area contributed by atoms with E-state index in [1.807, 2.05) is 20.8 Å². The van der Waals surface area contributed by atoms with Crippen LogP contribution in [-0.2, 0) is 6.42 Å². The third-order valence-corrected chi connectivity index (χ3v) is 3.54. The molecular formula is C18H19FO. The Hall–Kier alpha value is -1.96. The molecule has 0 heterocycles. The lowest BCUT2D eigenvalue weighted by molar-refractivity contribution is 0.0992. The predicted octanol–water partition coefficient (Wildman–Crippen LogP) is 4.48. The summed E-state index contributed by atoms with van der Waals surface area (Å²) in [6, 6.07) is 8.64. The Kier molecular flexibility index (Phi) is 4.03. The van der Waals surface area contributed by atoms with Gasteiger partial charge in [0.2, 0.25) is 0 Å². The van der Waals surface area contributed by atoms with Crippen LogP contribution in [0.5, 0.6) is 0 Å². The second-order valence-electron chi connectivity index (χ2n) is 5.49. The Morgan fingerprint density at radius 2 is 1.45 bits per heavy atom. The first-order valence-electron chi connectivity index (χ1n) is 6.74. The summed E-state index contributed by atoms with van der Waals surface area (Å²) in [5, 5.41) is 0. The lowest BCUT2D eigenvalue weighted by Crippen LogP contribution is -2.07. The number of hydrogen-bond acceptors (Lipinski definition) is 1. The van der Waals surface area contributed by atoms with Gasteiger partial charge in [-0.2, -0.15) is 0 Å². The highest BCUT2D eigenvalue weighted by Crippen LogP contribution is 2.19. The summed E-state index contributed by atoms with van der Waals surface area (Å²) in [5.41, 5.74) is 5.68. The molecule has 0 aromatic heterocycles. The summed E-state index contributed by atoms with van der Waals surface area (Å²) in [6.45, 7) is 7.86. The minimum Gasteiger partial charge on any atom is -0.294 e. The third kappa shape index (κ3) is 3.13. The molecule has 2 aromatic carbocycles. The molecule has 0 atom stereocenters. The van der Waals surface area contributed by atoms with Gasteiger partial charge < -0.3 is 0 Å². The van der Waals surface area contributed by atoms with Crippen LogP contribution in [-0.4, -0.2) is 5.78 Å². The van der Waals surface area contributed by atoms with Gasteiger partial charge >= 0.3 is 0 Å². The Bertz CT molecular complexity index is 628. The monoisotopic (exact) mass is 270 g/mol. The van der Waals surface area contributed by atoms with Gasteiger partial charge in [-0.3, -0.25) is 4.79 Å². The lowest BCUT2D eigenvalue weighted by Gasteiger charge is -2.11. The highest BCUT2D eigenvalue weighted by molar-refractivity contribution is 5.98. The van der Waals surface area contributed by atoms with Crippen molar-refractivity contribution >= 4 is 5.78 Å². The number of aryl methyl sites for hydroxylation is 4. The summed E-state index contributed by atoms with van der Waals surface area (Å²) in [6.07, 6.45) is 0.320. The fourth-order valence-corrected chi connectivity index (χ4v) is 2.65. The Morgan fingerprint density at radius 3 is 2.00 bits per heavy atom. The molecule has 104 valence electrons. The Morgan fingerprint density at radius 1 is 0.900 bits per heavy atom. The molecule has 20 heavy (non-hydrogen) atoms. The Balaban J connectivity index is 2.32. The molecule has 2 rings (SSSR count). The molecule has 0 aliphatic heterocycles. The first-order valence-corrected chi connectivity index (χ1v) is 6.74. The largest absolute Gasteiger partial charge is 0.294 e. The molecule has 0 amide bonds. The summed E-state index contributed by atoms with van der Waals surface area (Å²) < 4.78 is 13.4. The molecule has 0 aliphatic rings. The van der Waals surface area contributed by atoms with E-state index in [-0.39, 0.29) is 11.6 Å². The normalized spacial score (nSPS) is 10.7. The van der Waals surface area contributed by atoms with E-state index in [1.165, 1.54) is 17.7 Å². The molecule has 2 aromatic rings. The van der Waals surface area contributed by atoms with Crippen LogP contribution in [0.2, 0.25) is 0 Å². The van der Waals surface area contributed by atoms with Gasteiger partial charge in [0, 0.05) is 12.0 Å². The van der Waals surface area contributed by atoms with Gasteiger partial charge in [0.1, 0.15) is 5.82 Å². The van der Waals surface area contributed by atoms with E-state index in [9.17, 15) is 9.18 Å². The second-order valence-corrected chi connectivity index (χ2v) is 5.49. The fraction of sp³-hybridized carbons (Fsp3) is 0.278. The van der Waals surface area contributed by atoms with E-state index in [0.29, 0.717) is 12.0 Å². The van der Waals surface area contributed by atoms with Gasteiger partial charge in [0.05, 0.1) is 0 Å². The van der Waals surface area contributed by atoms with Crippen LogP contribution in [0.25, 0.3) is 0 Å². The van der Waals surface area contributed by atoms with Gasteiger partial charge in [-0.1, -0.05) is 17.7 Å². The van der Waals surface area contributed by atoms with E-state index in [2.05, 4.69) is 12.1 Å². The lowest BCUT2D eigenvalue weighted by atomic mass is 9.93. The van der Waals surface area contributed by atoms with E-state index >= 15 is 0 Å². The molecule has 0 saturated carbocycles. The van der Waals surface area contributed by atoms with Gasteiger partial charge in [-0.05, 0) is 68.1 Å². The number of benzene rings is 2. The fourth-order valence-electron chi connectivity index (χ4n) is 2.65. The quantitative estimate of drug-likeness (QED) is 0.751. The molecule has 2 heteroatoms. The first-order chi connectivity index (χ1) is 9.36. The Labute approximate surface area is 119 Å². The third-order valence-electron chi connectivity index (χ3n) is 3.54.